The van der Waals surface area contributed by atoms with Gasteiger partial charge in [0.2, 0.25) is 0 Å². The van der Waals surface area contributed by atoms with E-state index in [9.17, 15) is 18.0 Å². The average molecular weight is 453 g/mol. The molecular formula is C24H22F3N5O. The first-order valence-electron chi connectivity index (χ1n) is 10.9. The van der Waals surface area contributed by atoms with E-state index >= 15 is 0 Å². The highest BCUT2D eigenvalue weighted by Gasteiger charge is 2.43. The number of carbonyl (C=O) groups is 1. The number of carbonyl (C=O) groups excluding carboxylic acids is 1. The maximum Gasteiger partial charge on any atom is 0.417 e. The predicted octanol–water partition coefficient (Wildman–Crippen LogP) is 4.66. The van der Waals surface area contributed by atoms with Gasteiger partial charge in [0.15, 0.2) is 0 Å². The second-order valence-electron chi connectivity index (χ2n) is 8.50. The molecule has 3 aliphatic rings. The summed E-state index contributed by atoms with van der Waals surface area (Å²) in [6, 6.07) is 11.2. The minimum Gasteiger partial charge on any atom is -0.365 e. The number of nitrogens with one attached hydrogen (secondary N) is 1. The van der Waals surface area contributed by atoms with Crippen LogP contribution in [0.5, 0.6) is 0 Å². The summed E-state index contributed by atoms with van der Waals surface area (Å²) in [6.07, 6.45) is 2.41. The molecule has 170 valence electrons. The number of pyridine rings is 3. The van der Waals surface area contributed by atoms with Crippen LogP contribution in [0, 0.1) is 5.92 Å². The molecule has 3 aromatic rings. The maximum absolute atomic E-state index is 13.6. The number of hydrogen-bond acceptors (Lipinski definition) is 5. The highest BCUT2D eigenvalue weighted by molar-refractivity contribution is 5.99. The second kappa shape index (κ2) is 8.46. The Morgan fingerprint density at radius 3 is 2.55 bits per heavy atom. The van der Waals surface area contributed by atoms with Crippen molar-refractivity contribution in [2.45, 2.75) is 37.5 Å². The summed E-state index contributed by atoms with van der Waals surface area (Å²) in [5, 5.41) is 3.27. The zero-order chi connectivity index (χ0) is 23.0. The Morgan fingerprint density at radius 2 is 1.85 bits per heavy atom. The second-order valence-corrected chi connectivity index (χ2v) is 8.50. The van der Waals surface area contributed by atoms with Gasteiger partial charge in [-0.2, -0.15) is 13.2 Å². The maximum atomic E-state index is 13.6. The van der Waals surface area contributed by atoms with E-state index in [4.69, 9.17) is 0 Å². The lowest BCUT2D eigenvalue weighted by atomic mass is 9.76. The van der Waals surface area contributed by atoms with Gasteiger partial charge in [-0.15, -0.1) is 0 Å². The van der Waals surface area contributed by atoms with Gasteiger partial charge in [0.1, 0.15) is 11.5 Å². The summed E-state index contributed by atoms with van der Waals surface area (Å²) in [5.41, 5.74) is 0.884. The van der Waals surface area contributed by atoms with Crippen LogP contribution in [0.2, 0.25) is 0 Å². The molecule has 0 radical (unpaired) electrons. The molecule has 5 heterocycles. The van der Waals surface area contributed by atoms with Crippen molar-refractivity contribution in [1.29, 1.82) is 0 Å². The molecule has 1 aliphatic carbocycles. The third-order valence-electron chi connectivity index (χ3n) is 6.41. The van der Waals surface area contributed by atoms with Crippen LogP contribution in [0.15, 0.2) is 61.1 Å². The van der Waals surface area contributed by atoms with Crippen molar-refractivity contribution < 1.29 is 18.0 Å². The molecule has 1 N–H and O–H groups in total. The molecule has 3 atom stereocenters. The van der Waals surface area contributed by atoms with Crippen LogP contribution in [-0.4, -0.2) is 44.4 Å². The number of nitrogens with zero attached hydrogens (tertiary/aromatic N) is 4. The van der Waals surface area contributed by atoms with Crippen LogP contribution in [0.25, 0.3) is 11.4 Å². The molecule has 1 amide bonds. The Labute approximate surface area is 188 Å². The molecule has 3 aromatic heterocycles. The standard InChI is InChI=1S/C24H22F3N5O/c25-24(26,27)16-7-9-21(30-13-16)31-19-12-15-6-8-20(19)32(14-15)23(33)17-4-3-11-29-22(17)18-5-1-2-10-28-18/h1-5,7,9-11,13,15,19-20H,6,8,12,14H2,(H,30,31). The van der Waals surface area contributed by atoms with Gasteiger partial charge in [0.05, 0.1) is 22.9 Å². The lowest BCUT2D eigenvalue weighted by molar-refractivity contribution is -0.137. The predicted molar refractivity (Wildman–Crippen MR) is 116 cm³/mol. The fourth-order valence-corrected chi connectivity index (χ4v) is 4.86. The van der Waals surface area contributed by atoms with Crippen LogP contribution in [0.4, 0.5) is 19.0 Å². The van der Waals surface area contributed by atoms with E-state index in [1.165, 1.54) is 6.07 Å². The number of hydrogen-bond donors (Lipinski definition) is 1. The molecule has 0 spiro atoms. The molecule has 3 fully saturated rings. The highest BCUT2D eigenvalue weighted by Crippen LogP contribution is 2.38. The van der Waals surface area contributed by atoms with Gasteiger partial charge in [-0.1, -0.05) is 6.07 Å². The van der Waals surface area contributed by atoms with Crippen molar-refractivity contribution in [3.63, 3.8) is 0 Å². The van der Waals surface area contributed by atoms with Crippen molar-refractivity contribution in [3.8, 4) is 11.4 Å². The van der Waals surface area contributed by atoms with Crippen LogP contribution < -0.4 is 5.32 Å². The first-order valence-corrected chi connectivity index (χ1v) is 10.9. The summed E-state index contributed by atoms with van der Waals surface area (Å²) in [4.78, 5) is 28.2. The van der Waals surface area contributed by atoms with E-state index in [-0.39, 0.29) is 18.0 Å². The number of aromatic nitrogens is 3. The largest absolute Gasteiger partial charge is 0.417 e. The summed E-state index contributed by atoms with van der Waals surface area (Å²) in [6.45, 7) is 0.651. The Bertz CT molecular complexity index is 1140. The van der Waals surface area contributed by atoms with E-state index < -0.39 is 11.7 Å². The van der Waals surface area contributed by atoms with Crippen molar-refractivity contribution >= 4 is 11.7 Å². The summed E-state index contributed by atoms with van der Waals surface area (Å²) < 4.78 is 38.5. The van der Waals surface area contributed by atoms with Crippen molar-refractivity contribution in [1.82, 2.24) is 19.9 Å². The molecular weight excluding hydrogens is 431 g/mol. The first-order chi connectivity index (χ1) is 15.9. The topological polar surface area (TPSA) is 71.0 Å². The van der Waals surface area contributed by atoms with Crippen LogP contribution >= 0.6 is 0 Å². The molecule has 9 heteroatoms. The zero-order valence-electron chi connectivity index (χ0n) is 17.7. The minimum absolute atomic E-state index is 0.0802. The van der Waals surface area contributed by atoms with Gasteiger partial charge in [0, 0.05) is 31.2 Å². The number of fused-ring (bicyclic) bond motifs is 3. The minimum atomic E-state index is -4.42. The summed E-state index contributed by atoms with van der Waals surface area (Å²) >= 11 is 0. The van der Waals surface area contributed by atoms with E-state index in [1.807, 2.05) is 23.1 Å². The molecule has 1 saturated carbocycles. The average Bonchev–Trinajstić information content (AvgIpc) is 2.84. The van der Waals surface area contributed by atoms with Gasteiger partial charge < -0.3 is 10.2 Å². The fraction of sp³-hybridized carbons (Fsp3) is 0.333. The van der Waals surface area contributed by atoms with Gasteiger partial charge in [-0.05, 0) is 61.6 Å². The Morgan fingerprint density at radius 1 is 1.00 bits per heavy atom. The number of halogens is 3. The molecule has 6 rings (SSSR count). The highest BCUT2D eigenvalue weighted by atomic mass is 19.4. The Balaban J connectivity index is 1.38. The molecule has 0 aromatic carbocycles. The summed E-state index contributed by atoms with van der Waals surface area (Å²) in [5.74, 6) is 0.592. The number of alkyl halides is 3. The lowest BCUT2D eigenvalue weighted by Crippen LogP contribution is -2.59. The summed E-state index contributed by atoms with van der Waals surface area (Å²) in [7, 11) is 0. The Kier molecular flexibility index (Phi) is 5.47. The number of amides is 1. The third-order valence-corrected chi connectivity index (χ3v) is 6.41. The molecule has 2 aliphatic heterocycles. The number of anilines is 1. The van der Waals surface area contributed by atoms with Gasteiger partial charge in [-0.25, -0.2) is 4.98 Å². The Hall–Kier alpha value is -3.49. The normalized spacial score (nSPS) is 22.3. The smallest absolute Gasteiger partial charge is 0.365 e. The fourth-order valence-electron chi connectivity index (χ4n) is 4.86. The van der Waals surface area contributed by atoms with E-state index in [0.717, 1.165) is 31.5 Å². The van der Waals surface area contributed by atoms with Crippen molar-refractivity contribution in [2.75, 3.05) is 11.9 Å². The quantitative estimate of drug-likeness (QED) is 0.622. The van der Waals surface area contributed by atoms with Gasteiger partial charge in [-0.3, -0.25) is 14.8 Å². The molecule has 2 bridgehead atoms. The lowest BCUT2D eigenvalue weighted by Gasteiger charge is -2.50. The zero-order valence-corrected chi connectivity index (χ0v) is 17.7. The van der Waals surface area contributed by atoms with Crippen molar-refractivity contribution in [3.05, 3.63) is 72.2 Å². The third kappa shape index (κ3) is 4.27. The number of rotatable bonds is 4. The SMILES string of the molecule is O=C(c1cccnc1-c1ccccn1)N1CC2CCC1C(Nc1ccc(C(F)(F)F)cn1)C2. The monoisotopic (exact) mass is 453 g/mol. The molecule has 2 saturated heterocycles. The van der Waals surface area contributed by atoms with E-state index in [1.54, 1.807) is 24.5 Å². The van der Waals surface area contributed by atoms with Gasteiger partial charge >= 0.3 is 6.18 Å². The van der Waals surface area contributed by atoms with Crippen LogP contribution in [0.1, 0.15) is 35.2 Å². The van der Waals surface area contributed by atoms with Gasteiger partial charge in [0.25, 0.3) is 5.91 Å². The number of piperidine rings is 2. The first kappa shape index (κ1) is 21.4. The molecule has 33 heavy (non-hydrogen) atoms. The van der Waals surface area contributed by atoms with Crippen LogP contribution in [-0.2, 0) is 6.18 Å². The molecule has 3 unspecified atom stereocenters. The van der Waals surface area contributed by atoms with Crippen molar-refractivity contribution in [2.24, 2.45) is 5.92 Å². The van der Waals surface area contributed by atoms with Crippen LogP contribution in [0.3, 0.4) is 0 Å². The molecule has 6 nitrogen and oxygen atoms in total. The van der Waals surface area contributed by atoms with E-state index in [2.05, 4.69) is 20.3 Å². The van der Waals surface area contributed by atoms with E-state index in [0.29, 0.717) is 35.2 Å².